The molecule has 0 unspecified atom stereocenters. The van der Waals surface area contributed by atoms with Crippen molar-refractivity contribution >= 4 is 12.2 Å². The van der Waals surface area contributed by atoms with Crippen LogP contribution in [0.15, 0.2) is 28.2 Å². The number of hydrogen-bond acceptors (Lipinski definition) is 5. The molecule has 5 nitrogen and oxygen atoms in total. The molecule has 0 aliphatic heterocycles. The topological polar surface area (TPSA) is 68.1 Å². The second-order valence-electron chi connectivity index (χ2n) is 4.36. The second kappa shape index (κ2) is 9.68. The highest BCUT2D eigenvalue weighted by molar-refractivity contribution is 5.37. The summed E-state index contributed by atoms with van der Waals surface area (Å²) < 4.78 is 5.70. The summed E-state index contributed by atoms with van der Waals surface area (Å²) >= 11 is 0. The lowest BCUT2D eigenvalue weighted by molar-refractivity contribution is 0.310. The third-order valence-electron chi connectivity index (χ3n) is 2.73. The van der Waals surface area contributed by atoms with Gasteiger partial charge in [0.05, 0.1) is 19.7 Å². The van der Waals surface area contributed by atoms with Gasteiger partial charge in [-0.25, -0.2) is 19.6 Å². The second-order valence-corrected chi connectivity index (χ2v) is 4.36. The standard InChI is InChI=1S/C15H18N2O3/c1-13-5-6-15(20-9-3-8-17-12-19)14(10-13)4-2-7-16-11-18/h5-6,10H,2-4,7-9H2,1H3. The lowest BCUT2D eigenvalue weighted by Gasteiger charge is -2.11. The number of carbonyl (C=O) groups excluding carboxylic acids is 2. The highest BCUT2D eigenvalue weighted by Crippen LogP contribution is 2.21. The van der Waals surface area contributed by atoms with Crippen LogP contribution in [0.1, 0.15) is 24.0 Å². The van der Waals surface area contributed by atoms with Gasteiger partial charge in [-0.1, -0.05) is 17.7 Å². The molecule has 0 amide bonds. The van der Waals surface area contributed by atoms with E-state index in [2.05, 4.69) is 16.1 Å². The molecule has 0 saturated heterocycles. The molecule has 106 valence electrons. The molecule has 0 aliphatic carbocycles. The lowest BCUT2D eigenvalue weighted by atomic mass is 10.1. The van der Waals surface area contributed by atoms with Crippen LogP contribution in [-0.2, 0) is 16.0 Å². The van der Waals surface area contributed by atoms with E-state index in [-0.39, 0.29) is 0 Å². The van der Waals surface area contributed by atoms with E-state index >= 15 is 0 Å². The minimum absolute atomic E-state index is 0.429. The van der Waals surface area contributed by atoms with Crippen molar-refractivity contribution in [1.82, 2.24) is 0 Å². The maximum absolute atomic E-state index is 10.0. The van der Waals surface area contributed by atoms with Crippen LogP contribution >= 0.6 is 0 Å². The molecule has 1 aromatic carbocycles. The fraction of sp³-hybridized carbons (Fsp3) is 0.467. The molecule has 5 heteroatoms. The van der Waals surface area contributed by atoms with Crippen molar-refractivity contribution in [1.29, 1.82) is 0 Å². The van der Waals surface area contributed by atoms with Gasteiger partial charge in [0.15, 0.2) is 0 Å². The van der Waals surface area contributed by atoms with Crippen molar-refractivity contribution in [3.8, 4) is 5.75 Å². The first kappa shape index (κ1) is 15.8. The highest BCUT2D eigenvalue weighted by atomic mass is 16.5. The van der Waals surface area contributed by atoms with Crippen LogP contribution in [0.5, 0.6) is 5.75 Å². The SMILES string of the molecule is Cc1ccc(OCCCN=C=O)c(CCCN=C=O)c1. The number of benzene rings is 1. The summed E-state index contributed by atoms with van der Waals surface area (Å²) in [6.45, 7) is 3.44. The summed E-state index contributed by atoms with van der Waals surface area (Å²) in [6.07, 6.45) is 5.30. The maximum atomic E-state index is 10.0. The zero-order valence-electron chi connectivity index (χ0n) is 11.6. The predicted octanol–water partition coefficient (Wildman–Crippen LogP) is 2.37. The van der Waals surface area contributed by atoms with Crippen LogP contribution in [0.2, 0.25) is 0 Å². The maximum Gasteiger partial charge on any atom is 0.234 e. The number of hydrogen-bond donors (Lipinski definition) is 0. The Morgan fingerprint density at radius 1 is 1.10 bits per heavy atom. The summed E-state index contributed by atoms with van der Waals surface area (Å²) in [7, 11) is 0. The summed E-state index contributed by atoms with van der Waals surface area (Å²) in [5.41, 5.74) is 2.27. The molecule has 1 aromatic rings. The van der Waals surface area contributed by atoms with Crippen LogP contribution in [0.3, 0.4) is 0 Å². The number of rotatable bonds is 9. The first-order valence-electron chi connectivity index (χ1n) is 6.57. The molecule has 0 radical (unpaired) electrons. The summed E-state index contributed by atoms with van der Waals surface area (Å²) in [5, 5.41) is 0. The average molecular weight is 274 g/mol. The number of nitrogens with zero attached hydrogens (tertiary/aromatic N) is 2. The van der Waals surface area contributed by atoms with Crippen molar-refractivity contribution in [2.24, 2.45) is 9.98 Å². The smallest absolute Gasteiger partial charge is 0.234 e. The summed E-state index contributed by atoms with van der Waals surface area (Å²) in [4.78, 5) is 27.0. The van der Waals surface area contributed by atoms with Crippen LogP contribution in [0.25, 0.3) is 0 Å². The first-order chi connectivity index (χ1) is 9.77. The van der Waals surface area contributed by atoms with Gasteiger partial charge in [-0.05, 0) is 31.4 Å². The van der Waals surface area contributed by atoms with Gasteiger partial charge >= 0.3 is 0 Å². The van der Waals surface area contributed by atoms with Gasteiger partial charge in [0.2, 0.25) is 12.2 Å². The zero-order valence-corrected chi connectivity index (χ0v) is 11.6. The number of ether oxygens (including phenoxy) is 1. The van der Waals surface area contributed by atoms with E-state index in [1.165, 1.54) is 12.2 Å². The third-order valence-corrected chi connectivity index (χ3v) is 2.73. The van der Waals surface area contributed by atoms with Gasteiger partial charge in [0.25, 0.3) is 0 Å². The Kier molecular flexibility index (Phi) is 7.66. The molecular weight excluding hydrogens is 256 g/mol. The van der Waals surface area contributed by atoms with E-state index in [4.69, 9.17) is 4.74 Å². The largest absolute Gasteiger partial charge is 0.493 e. The van der Waals surface area contributed by atoms with Gasteiger partial charge in [0.1, 0.15) is 5.75 Å². The molecule has 1 rings (SSSR count). The van der Waals surface area contributed by atoms with Crippen LogP contribution in [0, 0.1) is 6.92 Å². The number of aryl methyl sites for hydroxylation is 2. The normalized spacial score (nSPS) is 9.45. The first-order valence-corrected chi connectivity index (χ1v) is 6.57. The van der Waals surface area contributed by atoms with Crippen molar-refractivity contribution in [2.45, 2.75) is 26.2 Å². The summed E-state index contributed by atoms with van der Waals surface area (Å²) in [5.74, 6) is 0.834. The van der Waals surface area contributed by atoms with Gasteiger partial charge in [-0.15, -0.1) is 0 Å². The van der Waals surface area contributed by atoms with E-state index in [1.807, 2.05) is 19.1 Å². The van der Waals surface area contributed by atoms with Gasteiger partial charge in [0, 0.05) is 6.42 Å². The molecule has 0 aliphatic rings. The molecule has 0 N–H and O–H groups in total. The molecule has 20 heavy (non-hydrogen) atoms. The van der Waals surface area contributed by atoms with Crippen molar-refractivity contribution < 1.29 is 14.3 Å². The van der Waals surface area contributed by atoms with Crippen molar-refractivity contribution in [3.63, 3.8) is 0 Å². The Balaban J connectivity index is 2.54. The van der Waals surface area contributed by atoms with Crippen molar-refractivity contribution in [2.75, 3.05) is 19.7 Å². The average Bonchev–Trinajstić information content (AvgIpc) is 2.45. The Hall–Kier alpha value is -2.22. The van der Waals surface area contributed by atoms with Crippen LogP contribution in [0.4, 0.5) is 0 Å². The lowest BCUT2D eigenvalue weighted by Crippen LogP contribution is -2.02. The molecule has 0 heterocycles. The fourth-order valence-electron chi connectivity index (χ4n) is 1.81. The third kappa shape index (κ3) is 6.10. The van der Waals surface area contributed by atoms with Gasteiger partial charge < -0.3 is 4.74 Å². The van der Waals surface area contributed by atoms with E-state index in [1.54, 1.807) is 0 Å². The molecular formula is C15H18N2O3. The molecule has 0 spiro atoms. The molecule has 0 saturated carbocycles. The molecule has 0 fully saturated rings. The monoisotopic (exact) mass is 274 g/mol. The predicted molar refractivity (Wildman–Crippen MR) is 75.6 cm³/mol. The zero-order chi connectivity index (χ0) is 14.6. The Bertz CT molecular complexity index is 516. The van der Waals surface area contributed by atoms with Crippen LogP contribution in [-0.4, -0.2) is 31.9 Å². The summed E-state index contributed by atoms with van der Waals surface area (Å²) in [6, 6.07) is 6.01. The minimum atomic E-state index is 0.429. The number of aliphatic imine (C=N–C) groups is 2. The van der Waals surface area contributed by atoms with Gasteiger partial charge in [-0.2, -0.15) is 0 Å². The van der Waals surface area contributed by atoms with E-state index in [0.29, 0.717) is 26.1 Å². The fourth-order valence-corrected chi connectivity index (χ4v) is 1.81. The van der Waals surface area contributed by atoms with E-state index < -0.39 is 0 Å². The Morgan fingerprint density at radius 3 is 2.50 bits per heavy atom. The Labute approximate surface area is 118 Å². The van der Waals surface area contributed by atoms with Gasteiger partial charge in [-0.3, -0.25) is 0 Å². The van der Waals surface area contributed by atoms with E-state index in [9.17, 15) is 9.59 Å². The van der Waals surface area contributed by atoms with Crippen molar-refractivity contribution in [3.05, 3.63) is 29.3 Å². The quantitative estimate of drug-likeness (QED) is 0.394. The molecule has 0 bridgehead atoms. The minimum Gasteiger partial charge on any atom is -0.493 e. The molecule has 0 atom stereocenters. The Morgan fingerprint density at radius 2 is 1.80 bits per heavy atom. The van der Waals surface area contributed by atoms with E-state index in [0.717, 1.165) is 29.7 Å². The number of isocyanates is 2. The highest BCUT2D eigenvalue weighted by Gasteiger charge is 2.04. The molecule has 0 aromatic heterocycles. The van der Waals surface area contributed by atoms with Crippen LogP contribution < -0.4 is 4.74 Å².